The van der Waals surface area contributed by atoms with E-state index in [1.165, 1.54) is 6.21 Å². The zero-order valence-electron chi connectivity index (χ0n) is 14.2. The molecule has 0 aromatic carbocycles. The van der Waals surface area contributed by atoms with Crippen molar-refractivity contribution in [1.82, 2.24) is 0 Å². The lowest BCUT2D eigenvalue weighted by Gasteiger charge is -2.43. The molecule has 21 heavy (non-hydrogen) atoms. The van der Waals surface area contributed by atoms with Gasteiger partial charge in [-0.15, -0.1) is 0 Å². The van der Waals surface area contributed by atoms with E-state index in [4.69, 9.17) is 19.1 Å². The van der Waals surface area contributed by atoms with Gasteiger partial charge in [-0.2, -0.15) is 0 Å². The van der Waals surface area contributed by atoms with E-state index in [0.717, 1.165) is 5.57 Å². The Morgan fingerprint density at radius 2 is 2.00 bits per heavy atom. The topological polar surface area (TPSA) is 60.3 Å². The monoisotopic (exact) mass is 315 g/mol. The highest BCUT2D eigenvalue weighted by molar-refractivity contribution is 6.74. The summed E-state index contributed by atoms with van der Waals surface area (Å²) in [6.45, 7) is 13.0. The third-order valence-electron chi connectivity index (χ3n) is 4.45. The van der Waals surface area contributed by atoms with Gasteiger partial charge in [-0.3, -0.25) is 0 Å². The van der Waals surface area contributed by atoms with Crippen LogP contribution in [-0.2, 0) is 13.9 Å². The van der Waals surface area contributed by atoms with E-state index >= 15 is 0 Å². The van der Waals surface area contributed by atoms with Crippen molar-refractivity contribution in [2.24, 2.45) is 5.16 Å². The second-order valence-electron chi connectivity index (χ2n) is 6.98. The molecule has 1 aliphatic rings. The van der Waals surface area contributed by atoms with Gasteiger partial charge < -0.3 is 19.1 Å². The summed E-state index contributed by atoms with van der Waals surface area (Å²) < 4.78 is 17.9. The molecule has 1 saturated heterocycles. The maximum atomic E-state index is 8.56. The Kier molecular flexibility index (Phi) is 6.16. The maximum absolute atomic E-state index is 8.56. The standard InChI is InChI=1S/C15H29NO4Si/c1-11-12(8-9-16-17)13(18-5)10-14(19-11)20-21(6,7)15(2,3)4/h8-9,11,13-14,17H,10H2,1-7H3/b12-8+,16-9+/t11-,13-,14-/m0/s1. The highest BCUT2D eigenvalue weighted by Gasteiger charge is 2.42. The second kappa shape index (κ2) is 7.04. The summed E-state index contributed by atoms with van der Waals surface area (Å²) >= 11 is 0. The van der Waals surface area contributed by atoms with Crippen molar-refractivity contribution in [3.63, 3.8) is 0 Å². The van der Waals surface area contributed by atoms with Gasteiger partial charge in [0.25, 0.3) is 0 Å². The molecule has 0 amide bonds. The van der Waals surface area contributed by atoms with Crippen LogP contribution in [0.25, 0.3) is 0 Å². The molecule has 1 rings (SSSR count). The summed E-state index contributed by atoms with van der Waals surface area (Å²) in [5.74, 6) is 0. The van der Waals surface area contributed by atoms with Crippen molar-refractivity contribution in [2.75, 3.05) is 7.11 Å². The van der Waals surface area contributed by atoms with Gasteiger partial charge in [-0.1, -0.05) is 25.9 Å². The highest BCUT2D eigenvalue weighted by Crippen LogP contribution is 2.39. The number of nitrogens with zero attached hydrogens (tertiary/aromatic N) is 1. The fraction of sp³-hybridized carbons (Fsp3) is 0.800. The average Bonchev–Trinajstić information content (AvgIpc) is 2.35. The lowest BCUT2D eigenvalue weighted by Crippen LogP contribution is -2.48. The van der Waals surface area contributed by atoms with Crippen LogP contribution >= 0.6 is 0 Å². The summed E-state index contributed by atoms with van der Waals surface area (Å²) in [5, 5.41) is 11.7. The predicted molar refractivity (Wildman–Crippen MR) is 86.4 cm³/mol. The van der Waals surface area contributed by atoms with Gasteiger partial charge in [-0.05, 0) is 36.7 Å². The first kappa shape index (κ1) is 18.4. The molecule has 122 valence electrons. The molecule has 5 nitrogen and oxygen atoms in total. The number of hydrogen-bond donors (Lipinski definition) is 1. The van der Waals surface area contributed by atoms with E-state index in [1.54, 1.807) is 13.2 Å². The molecule has 0 bridgehead atoms. The SMILES string of the molecule is CO[C@H]1C[C@H](O[Si](C)(C)C(C)(C)C)O[C@@H](C)/C1=C\C=N\O. The smallest absolute Gasteiger partial charge is 0.195 e. The third kappa shape index (κ3) is 4.64. The number of oxime groups is 1. The van der Waals surface area contributed by atoms with E-state index in [9.17, 15) is 0 Å². The Hall–Kier alpha value is -0.693. The van der Waals surface area contributed by atoms with Gasteiger partial charge in [0, 0.05) is 13.5 Å². The van der Waals surface area contributed by atoms with Crippen LogP contribution in [0.1, 0.15) is 34.1 Å². The molecule has 0 radical (unpaired) electrons. The first-order chi connectivity index (χ1) is 9.62. The number of ether oxygens (including phenoxy) is 2. The molecule has 1 fully saturated rings. The van der Waals surface area contributed by atoms with E-state index < -0.39 is 8.32 Å². The minimum Gasteiger partial charge on any atom is -0.411 e. The molecule has 0 aromatic rings. The Morgan fingerprint density at radius 3 is 2.48 bits per heavy atom. The summed E-state index contributed by atoms with van der Waals surface area (Å²) in [6.07, 6.45) is 3.27. The van der Waals surface area contributed by atoms with Crippen LogP contribution in [-0.4, -0.2) is 45.3 Å². The van der Waals surface area contributed by atoms with Crippen molar-refractivity contribution >= 4 is 14.5 Å². The van der Waals surface area contributed by atoms with Crippen molar-refractivity contribution in [1.29, 1.82) is 0 Å². The quantitative estimate of drug-likeness (QED) is 0.373. The molecule has 6 heteroatoms. The third-order valence-corrected chi connectivity index (χ3v) is 8.92. The normalized spacial score (nSPS) is 30.2. The number of hydrogen-bond acceptors (Lipinski definition) is 5. The molecule has 0 spiro atoms. The van der Waals surface area contributed by atoms with Crippen molar-refractivity contribution < 1.29 is 19.1 Å². The first-order valence-electron chi connectivity index (χ1n) is 7.36. The Morgan fingerprint density at radius 1 is 1.38 bits per heavy atom. The molecular formula is C15H29NO4Si. The van der Waals surface area contributed by atoms with Gasteiger partial charge in [0.1, 0.15) is 0 Å². The highest BCUT2D eigenvalue weighted by atomic mass is 28.4. The molecule has 0 saturated carbocycles. The fourth-order valence-electron chi connectivity index (χ4n) is 2.11. The summed E-state index contributed by atoms with van der Waals surface area (Å²) in [4.78, 5) is 0. The predicted octanol–water partition coefficient (Wildman–Crippen LogP) is 3.54. The van der Waals surface area contributed by atoms with Crippen LogP contribution in [0.2, 0.25) is 18.1 Å². The van der Waals surface area contributed by atoms with Gasteiger partial charge in [0.05, 0.1) is 18.4 Å². The van der Waals surface area contributed by atoms with E-state index in [1.807, 2.05) is 6.92 Å². The minimum atomic E-state index is -1.88. The van der Waals surface area contributed by atoms with Crippen molar-refractivity contribution in [3.8, 4) is 0 Å². The number of allylic oxidation sites excluding steroid dienone is 1. The van der Waals surface area contributed by atoms with Crippen molar-refractivity contribution in [2.45, 2.75) is 70.7 Å². The van der Waals surface area contributed by atoms with Crippen LogP contribution in [0.5, 0.6) is 0 Å². The van der Waals surface area contributed by atoms with Crippen LogP contribution in [0.3, 0.4) is 0 Å². The Balaban J connectivity index is 2.83. The van der Waals surface area contributed by atoms with Crippen molar-refractivity contribution in [3.05, 3.63) is 11.6 Å². The summed E-state index contributed by atoms with van der Waals surface area (Å²) in [7, 11) is -0.201. The molecule has 1 N–H and O–H groups in total. The number of methoxy groups -OCH3 is 1. The molecular weight excluding hydrogens is 286 g/mol. The molecule has 0 unspecified atom stereocenters. The summed E-state index contributed by atoms with van der Waals surface area (Å²) in [6, 6.07) is 0. The van der Waals surface area contributed by atoms with Crippen LogP contribution in [0.4, 0.5) is 0 Å². The maximum Gasteiger partial charge on any atom is 0.195 e. The Bertz CT molecular complexity index is 401. The average molecular weight is 315 g/mol. The fourth-order valence-corrected chi connectivity index (χ4v) is 3.27. The first-order valence-corrected chi connectivity index (χ1v) is 10.3. The van der Waals surface area contributed by atoms with Crippen LogP contribution in [0, 0.1) is 0 Å². The second-order valence-corrected chi connectivity index (χ2v) is 11.7. The number of rotatable bonds is 4. The van der Waals surface area contributed by atoms with Gasteiger partial charge in [0.15, 0.2) is 14.6 Å². The molecule has 1 aliphatic heterocycles. The van der Waals surface area contributed by atoms with E-state index in [2.05, 4.69) is 39.0 Å². The van der Waals surface area contributed by atoms with Gasteiger partial charge in [0.2, 0.25) is 0 Å². The lowest BCUT2D eigenvalue weighted by molar-refractivity contribution is -0.155. The molecule has 0 aromatic heterocycles. The summed E-state index contributed by atoms with van der Waals surface area (Å²) in [5.41, 5.74) is 0.963. The largest absolute Gasteiger partial charge is 0.411 e. The Labute approximate surface area is 129 Å². The van der Waals surface area contributed by atoms with Crippen LogP contribution < -0.4 is 0 Å². The zero-order valence-corrected chi connectivity index (χ0v) is 15.2. The van der Waals surface area contributed by atoms with Gasteiger partial charge >= 0.3 is 0 Å². The van der Waals surface area contributed by atoms with E-state index in [0.29, 0.717) is 6.42 Å². The minimum absolute atomic E-state index is 0.0819. The molecule has 3 atom stereocenters. The van der Waals surface area contributed by atoms with E-state index in [-0.39, 0.29) is 23.5 Å². The molecule has 1 heterocycles. The van der Waals surface area contributed by atoms with Gasteiger partial charge in [-0.25, -0.2) is 0 Å². The molecule has 0 aliphatic carbocycles. The lowest BCUT2D eigenvalue weighted by atomic mass is 9.98. The zero-order chi connectivity index (χ0) is 16.3. The van der Waals surface area contributed by atoms with Crippen LogP contribution in [0.15, 0.2) is 16.8 Å².